The molecule has 0 unspecified atom stereocenters. The molecule has 0 aliphatic carbocycles. The van der Waals surface area contributed by atoms with Gasteiger partial charge in [-0.3, -0.25) is 0 Å². The Morgan fingerprint density at radius 3 is 2.13 bits per heavy atom. The molecule has 1 aliphatic rings. The van der Waals surface area contributed by atoms with Crippen LogP contribution in [0.25, 0.3) is 0 Å². The summed E-state index contributed by atoms with van der Waals surface area (Å²) in [5, 5.41) is 3.06. The minimum Gasteiger partial charge on any atom is -0.493 e. The van der Waals surface area contributed by atoms with Crippen molar-refractivity contribution in [2.45, 2.75) is 58.7 Å². The number of amides is 2. The number of carbonyl (C=O) groups excluding carboxylic acids is 1. The molecule has 23 heavy (non-hydrogen) atoms. The lowest BCUT2D eigenvalue weighted by Crippen LogP contribution is -2.57. The van der Waals surface area contributed by atoms with E-state index in [1.807, 2.05) is 37.8 Å². The van der Waals surface area contributed by atoms with E-state index in [0.717, 1.165) is 17.7 Å². The van der Waals surface area contributed by atoms with Gasteiger partial charge in [0, 0.05) is 17.6 Å². The van der Waals surface area contributed by atoms with Crippen molar-refractivity contribution < 1.29 is 14.3 Å². The standard InChI is InChI=1S/C18H28N2O3/c1-17(2,3)19-16(21)20-11-13-9-15(23-7)14(22-6)8-12(13)10-18(20,4)5/h8-9H,10-11H2,1-7H3,(H,19,21). The molecule has 5 heteroatoms. The predicted molar refractivity (Wildman–Crippen MR) is 91.2 cm³/mol. The van der Waals surface area contributed by atoms with E-state index < -0.39 is 0 Å². The lowest BCUT2D eigenvalue weighted by atomic mass is 9.85. The van der Waals surface area contributed by atoms with E-state index in [0.29, 0.717) is 12.3 Å². The second-order valence-corrected chi connectivity index (χ2v) is 7.73. The molecule has 0 spiro atoms. The van der Waals surface area contributed by atoms with Crippen LogP contribution >= 0.6 is 0 Å². The molecule has 0 atom stereocenters. The summed E-state index contributed by atoms with van der Waals surface area (Å²) < 4.78 is 10.8. The molecule has 128 valence electrons. The Bertz CT molecular complexity index is 603. The van der Waals surface area contributed by atoms with Crippen LogP contribution in [0.2, 0.25) is 0 Å². The largest absolute Gasteiger partial charge is 0.493 e. The Hall–Kier alpha value is -1.91. The number of benzene rings is 1. The molecule has 1 heterocycles. The highest BCUT2D eigenvalue weighted by Crippen LogP contribution is 2.37. The summed E-state index contributed by atoms with van der Waals surface area (Å²) in [4.78, 5) is 14.6. The van der Waals surface area contributed by atoms with E-state index in [1.165, 1.54) is 5.56 Å². The summed E-state index contributed by atoms with van der Waals surface area (Å²) in [7, 11) is 3.27. The van der Waals surface area contributed by atoms with E-state index in [4.69, 9.17) is 9.47 Å². The molecular weight excluding hydrogens is 292 g/mol. The van der Waals surface area contributed by atoms with Crippen LogP contribution < -0.4 is 14.8 Å². The molecule has 0 bridgehead atoms. The lowest BCUT2D eigenvalue weighted by molar-refractivity contribution is 0.113. The molecular formula is C18H28N2O3. The smallest absolute Gasteiger partial charge is 0.318 e. The summed E-state index contributed by atoms with van der Waals surface area (Å²) in [5.74, 6) is 1.43. The first kappa shape index (κ1) is 17.4. The van der Waals surface area contributed by atoms with E-state index in [1.54, 1.807) is 14.2 Å². The Morgan fingerprint density at radius 2 is 1.65 bits per heavy atom. The number of carbonyl (C=O) groups is 1. The van der Waals surface area contributed by atoms with Gasteiger partial charge in [0.1, 0.15) is 0 Å². The second-order valence-electron chi connectivity index (χ2n) is 7.73. The third-order valence-electron chi connectivity index (χ3n) is 4.12. The molecule has 2 amide bonds. The second kappa shape index (κ2) is 5.95. The van der Waals surface area contributed by atoms with Gasteiger partial charge in [-0.05, 0) is 64.3 Å². The van der Waals surface area contributed by atoms with Gasteiger partial charge in [-0.25, -0.2) is 4.79 Å². The predicted octanol–water partition coefficient (Wildman–Crippen LogP) is 3.35. The third kappa shape index (κ3) is 3.71. The molecule has 2 rings (SSSR count). The number of hydrogen-bond donors (Lipinski definition) is 1. The quantitative estimate of drug-likeness (QED) is 0.909. The molecule has 5 nitrogen and oxygen atoms in total. The molecule has 0 aromatic heterocycles. The molecule has 1 aromatic rings. The Morgan fingerprint density at radius 1 is 1.13 bits per heavy atom. The van der Waals surface area contributed by atoms with Gasteiger partial charge in [0.05, 0.1) is 14.2 Å². The van der Waals surface area contributed by atoms with E-state index in [9.17, 15) is 4.79 Å². The minimum atomic E-state index is -0.262. The van der Waals surface area contributed by atoms with Crippen molar-refractivity contribution in [1.82, 2.24) is 10.2 Å². The molecule has 0 saturated heterocycles. The summed E-state index contributed by atoms with van der Waals surface area (Å²) in [6.07, 6.45) is 0.778. The number of nitrogens with zero attached hydrogens (tertiary/aromatic N) is 1. The number of fused-ring (bicyclic) bond motifs is 1. The highest BCUT2D eigenvalue weighted by atomic mass is 16.5. The first-order valence-corrected chi connectivity index (χ1v) is 7.91. The average Bonchev–Trinajstić information content (AvgIpc) is 2.42. The fourth-order valence-corrected chi connectivity index (χ4v) is 2.96. The number of hydrogen-bond acceptors (Lipinski definition) is 3. The van der Waals surface area contributed by atoms with Gasteiger partial charge in [0.15, 0.2) is 11.5 Å². The number of urea groups is 1. The summed E-state index contributed by atoms with van der Waals surface area (Å²) in [6, 6.07) is 3.96. The SMILES string of the molecule is COc1cc2c(cc1OC)CC(C)(C)N(C(=O)NC(C)(C)C)C2. The monoisotopic (exact) mass is 320 g/mol. The molecule has 1 aromatic carbocycles. The van der Waals surface area contributed by atoms with Crippen molar-refractivity contribution in [3.05, 3.63) is 23.3 Å². The first-order valence-electron chi connectivity index (χ1n) is 7.91. The Balaban J connectivity index is 2.36. The maximum absolute atomic E-state index is 12.7. The maximum atomic E-state index is 12.7. The van der Waals surface area contributed by atoms with Gasteiger partial charge in [-0.1, -0.05) is 0 Å². The van der Waals surface area contributed by atoms with Crippen LogP contribution in [0.5, 0.6) is 11.5 Å². The Labute approximate surface area is 139 Å². The molecule has 0 fully saturated rings. The van der Waals surface area contributed by atoms with Crippen molar-refractivity contribution in [3.8, 4) is 11.5 Å². The summed E-state index contributed by atoms with van der Waals surface area (Å²) in [5.41, 5.74) is 1.78. The van der Waals surface area contributed by atoms with Gasteiger partial charge in [0.2, 0.25) is 0 Å². The zero-order valence-corrected chi connectivity index (χ0v) is 15.2. The summed E-state index contributed by atoms with van der Waals surface area (Å²) in [6.45, 7) is 10.7. The normalized spacial score (nSPS) is 16.6. The zero-order valence-electron chi connectivity index (χ0n) is 15.2. The van der Waals surface area contributed by atoms with Crippen molar-refractivity contribution in [2.24, 2.45) is 0 Å². The van der Waals surface area contributed by atoms with Crippen LogP contribution in [0.1, 0.15) is 45.7 Å². The lowest BCUT2D eigenvalue weighted by Gasteiger charge is -2.44. The first-order chi connectivity index (χ1) is 10.6. The van der Waals surface area contributed by atoms with Gasteiger partial charge in [-0.15, -0.1) is 0 Å². The maximum Gasteiger partial charge on any atom is 0.318 e. The van der Waals surface area contributed by atoms with Gasteiger partial charge < -0.3 is 19.7 Å². The number of nitrogens with one attached hydrogen (secondary N) is 1. The number of ether oxygens (including phenoxy) is 2. The van der Waals surface area contributed by atoms with E-state index in [2.05, 4.69) is 19.2 Å². The van der Waals surface area contributed by atoms with Crippen LogP contribution in [-0.4, -0.2) is 36.2 Å². The highest BCUT2D eigenvalue weighted by Gasteiger charge is 2.37. The van der Waals surface area contributed by atoms with Crippen molar-refractivity contribution >= 4 is 6.03 Å². The third-order valence-corrected chi connectivity index (χ3v) is 4.12. The van der Waals surface area contributed by atoms with Crippen molar-refractivity contribution in [1.29, 1.82) is 0 Å². The number of methoxy groups -OCH3 is 2. The van der Waals surface area contributed by atoms with Crippen LogP contribution in [0, 0.1) is 0 Å². The Kier molecular flexibility index (Phi) is 4.51. The zero-order chi connectivity index (χ0) is 17.4. The van der Waals surface area contributed by atoms with Crippen LogP contribution in [0.4, 0.5) is 4.79 Å². The van der Waals surface area contributed by atoms with Crippen LogP contribution in [0.15, 0.2) is 12.1 Å². The van der Waals surface area contributed by atoms with E-state index in [-0.39, 0.29) is 17.1 Å². The van der Waals surface area contributed by atoms with Crippen LogP contribution in [0.3, 0.4) is 0 Å². The van der Waals surface area contributed by atoms with Gasteiger partial charge >= 0.3 is 6.03 Å². The fraction of sp³-hybridized carbons (Fsp3) is 0.611. The minimum absolute atomic E-state index is 0.0389. The van der Waals surface area contributed by atoms with E-state index >= 15 is 0 Å². The highest BCUT2D eigenvalue weighted by molar-refractivity contribution is 5.76. The van der Waals surface area contributed by atoms with Gasteiger partial charge in [0.25, 0.3) is 0 Å². The topological polar surface area (TPSA) is 50.8 Å². The molecule has 0 saturated carbocycles. The molecule has 1 N–H and O–H groups in total. The molecule has 0 radical (unpaired) electrons. The van der Waals surface area contributed by atoms with Crippen molar-refractivity contribution in [2.75, 3.05) is 14.2 Å². The average molecular weight is 320 g/mol. The molecule has 1 aliphatic heterocycles. The van der Waals surface area contributed by atoms with Crippen LogP contribution in [-0.2, 0) is 13.0 Å². The van der Waals surface area contributed by atoms with Gasteiger partial charge in [-0.2, -0.15) is 0 Å². The van der Waals surface area contributed by atoms with Crippen molar-refractivity contribution in [3.63, 3.8) is 0 Å². The fourth-order valence-electron chi connectivity index (χ4n) is 2.96. The summed E-state index contributed by atoms with van der Waals surface area (Å²) >= 11 is 0. The number of rotatable bonds is 2.